The Morgan fingerprint density at radius 3 is 1.74 bits per heavy atom. The molecule has 0 amide bonds. The van der Waals surface area contributed by atoms with Gasteiger partial charge in [-0.15, -0.1) is 0 Å². The van der Waals surface area contributed by atoms with Crippen LogP contribution in [0.25, 0.3) is 87.3 Å². The van der Waals surface area contributed by atoms with E-state index in [9.17, 15) is 0 Å². The van der Waals surface area contributed by atoms with Crippen molar-refractivity contribution in [3.8, 4) is 22.3 Å². The predicted octanol–water partition coefficient (Wildman–Crippen LogP) is 15.0. The van der Waals surface area contributed by atoms with Crippen molar-refractivity contribution in [3.63, 3.8) is 0 Å². The van der Waals surface area contributed by atoms with E-state index in [0.717, 1.165) is 50.1 Å². The Labute approximate surface area is 312 Å². The number of fused-ring (bicyclic) bond motifs is 8. The molecule has 11 aromatic rings. The first-order valence-electron chi connectivity index (χ1n) is 18.5. The molecule has 2 nitrogen and oxygen atoms in total. The number of anilines is 3. The zero-order valence-corrected chi connectivity index (χ0v) is 29.4. The van der Waals surface area contributed by atoms with Crippen molar-refractivity contribution in [1.82, 2.24) is 0 Å². The van der Waals surface area contributed by atoms with E-state index in [0.29, 0.717) is 0 Å². The minimum atomic E-state index is 0.894. The average Bonchev–Trinajstić information content (AvgIpc) is 3.61. The molecular weight excluding hydrogens is 655 g/mol. The van der Waals surface area contributed by atoms with Gasteiger partial charge in [0.05, 0.1) is 11.4 Å². The van der Waals surface area contributed by atoms with Crippen LogP contribution in [0.3, 0.4) is 0 Å². The van der Waals surface area contributed by atoms with E-state index in [1.165, 1.54) is 54.2 Å². The minimum absolute atomic E-state index is 0.894. The summed E-state index contributed by atoms with van der Waals surface area (Å²) in [6, 6.07) is 72.3. The third-order valence-corrected chi connectivity index (χ3v) is 11.0. The minimum Gasteiger partial charge on any atom is -0.455 e. The summed E-state index contributed by atoms with van der Waals surface area (Å²) < 4.78 is 6.79. The van der Waals surface area contributed by atoms with Crippen LogP contribution >= 0.6 is 0 Å². The molecule has 252 valence electrons. The first-order chi connectivity index (χ1) is 26.8. The molecule has 0 saturated heterocycles. The van der Waals surface area contributed by atoms with Crippen molar-refractivity contribution in [2.45, 2.75) is 0 Å². The molecule has 0 bridgehead atoms. The first-order valence-corrected chi connectivity index (χ1v) is 18.5. The fourth-order valence-electron chi connectivity index (χ4n) is 8.49. The molecule has 2 heteroatoms. The summed E-state index contributed by atoms with van der Waals surface area (Å²) >= 11 is 0. The number of furan rings is 1. The Morgan fingerprint density at radius 2 is 0.889 bits per heavy atom. The lowest BCUT2D eigenvalue weighted by atomic mass is 9.96. The molecule has 10 aromatic carbocycles. The monoisotopic (exact) mass is 687 g/mol. The van der Waals surface area contributed by atoms with Crippen molar-refractivity contribution in [2.75, 3.05) is 4.90 Å². The molecule has 0 spiro atoms. The van der Waals surface area contributed by atoms with Crippen molar-refractivity contribution in [2.24, 2.45) is 0 Å². The van der Waals surface area contributed by atoms with Gasteiger partial charge in [0.2, 0.25) is 0 Å². The maximum atomic E-state index is 6.79. The van der Waals surface area contributed by atoms with Gasteiger partial charge < -0.3 is 9.32 Å². The van der Waals surface area contributed by atoms with E-state index in [-0.39, 0.29) is 0 Å². The van der Waals surface area contributed by atoms with Crippen LogP contribution < -0.4 is 4.90 Å². The number of benzene rings is 10. The predicted molar refractivity (Wildman–Crippen MR) is 229 cm³/mol. The molecule has 0 aliphatic heterocycles. The quantitative estimate of drug-likeness (QED) is 0.168. The lowest BCUT2D eigenvalue weighted by molar-refractivity contribution is 0.670. The summed E-state index contributed by atoms with van der Waals surface area (Å²) in [6.07, 6.45) is 0. The molecule has 0 fully saturated rings. The highest BCUT2D eigenvalue weighted by Crippen LogP contribution is 2.47. The van der Waals surface area contributed by atoms with Crippen LogP contribution in [-0.4, -0.2) is 0 Å². The van der Waals surface area contributed by atoms with Gasteiger partial charge >= 0.3 is 0 Å². The number of rotatable bonds is 5. The van der Waals surface area contributed by atoms with Crippen LogP contribution in [0.1, 0.15) is 0 Å². The summed E-state index contributed by atoms with van der Waals surface area (Å²) in [4.78, 5) is 2.43. The van der Waals surface area contributed by atoms with Crippen LogP contribution in [0, 0.1) is 0 Å². The molecule has 54 heavy (non-hydrogen) atoms. The normalized spacial score (nSPS) is 11.7. The third-order valence-electron chi connectivity index (χ3n) is 11.0. The van der Waals surface area contributed by atoms with E-state index in [4.69, 9.17) is 4.42 Å². The Hall–Kier alpha value is -7.16. The maximum Gasteiger partial charge on any atom is 0.143 e. The molecule has 0 unspecified atom stereocenters. The Bertz CT molecular complexity index is 3220. The van der Waals surface area contributed by atoms with Gasteiger partial charge in [-0.25, -0.2) is 0 Å². The smallest absolute Gasteiger partial charge is 0.143 e. The highest BCUT2D eigenvalue weighted by atomic mass is 16.3. The fraction of sp³-hybridized carbons (Fsp3) is 0. The summed E-state index contributed by atoms with van der Waals surface area (Å²) in [7, 11) is 0. The van der Waals surface area contributed by atoms with Crippen molar-refractivity contribution >= 4 is 82.1 Å². The second kappa shape index (κ2) is 12.2. The number of hydrogen-bond donors (Lipinski definition) is 0. The molecule has 0 atom stereocenters. The molecule has 0 N–H and O–H groups in total. The number of nitrogens with zero attached hydrogens (tertiary/aromatic N) is 1. The Morgan fingerprint density at radius 1 is 0.315 bits per heavy atom. The van der Waals surface area contributed by atoms with Crippen LogP contribution in [0.2, 0.25) is 0 Å². The van der Waals surface area contributed by atoms with Crippen molar-refractivity contribution in [1.29, 1.82) is 0 Å². The molecule has 11 rings (SSSR count). The molecule has 1 heterocycles. The van der Waals surface area contributed by atoms with Gasteiger partial charge in [-0.3, -0.25) is 0 Å². The third kappa shape index (κ3) is 4.81. The van der Waals surface area contributed by atoms with Gasteiger partial charge in [-0.05, 0) is 85.2 Å². The zero-order chi connectivity index (χ0) is 35.6. The molecule has 1 aromatic heterocycles. The number of para-hydroxylation sites is 2. The molecule has 0 saturated carbocycles. The summed E-state index contributed by atoms with van der Waals surface area (Å²) in [6.45, 7) is 0. The van der Waals surface area contributed by atoms with E-state index in [1.807, 2.05) is 0 Å². The summed E-state index contributed by atoms with van der Waals surface area (Å²) in [5, 5.41) is 12.0. The van der Waals surface area contributed by atoms with Crippen LogP contribution in [0.4, 0.5) is 17.1 Å². The van der Waals surface area contributed by atoms with Gasteiger partial charge in [0.1, 0.15) is 11.2 Å². The first kappa shape index (κ1) is 30.5. The van der Waals surface area contributed by atoms with Gasteiger partial charge in [0.25, 0.3) is 0 Å². The van der Waals surface area contributed by atoms with Crippen LogP contribution in [0.5, 0.6) is 0 Å². The van der Waals surface area contributed by atoms with Gasteiger partial charge in [0.15, 0.2) is 0 Å². The lowest BCUT2D eigenvalue weighted by Gasteiger charge is -2.29. The second-order valence-electron chi connectivity index (χ2n) is 14.1. The zero-order valence-electron chi connectivity index (χ0n) is 29.4. The molecule has 0 radical (unpaired) electrons. The van der Waals surface area contributed by atoms with Crippen LogP contribution in [-0.2, 0) is 0 Å². The summed E-state index contributed by atoms with van der Waals surface area (Å²) in [5.41, 5.74) is 9.64. The van der Waals surface area contributed by atoms with E-state index in [2.05, 4.69) is 205 Å². The molecule has 0 aliphatic rings. The Kier molecular flexibility index (Phi) is 6.90. The van der Waals surface area contributed by atoms with Crippen molar-refractivity contribution < 1.29 is 4.42 Å². The van der Waals surface area contributed by atoms with E-state index < -0.39 is 0 Å². The van der Waals surface area contributed by atoms with E-state index >= 15 is 0 Å². The standard InChI is InChI=1S/C52H33NO/c1-2-15-38-33-51-48(32-37(38)14-1)47-23-10-22-46(52(47)54-51)44-19-7-8-24-49(44)53(50-25-11-21-43-42-18-6-4-13-35(42)28-31-45(43)50)39-29-26-36(27-30-39)41-20-9-16-34-12-3-5-17-40(34)41/h1-33H. The summed E-state index contributed by atoms with van der Waals surface area (Å²) in [5.74, 6) is 0. The second-order valence-corrected chi connectivity index (χ2v) is 14.1. The van der Waals surface area contributed by atoms with Crippen LogP contribution in [0.15, 0.2) is 205 Å². The van der Waals surface area contributed by atoms with Crippen molar-refractivity contribution in [3.05, 3.63) is 200 Å². The van der Waals surface area contributed by atoms with Gasteiger partial charge in [-0.1, -0.05) is 164 Å². The topological polar surface area (TPSA) is 16.4 Å². The Balaban J connectivity index is 1.15. The van der Waals surface area contributed by atoms with Gasteiger partial charge in [-0.2, -0.15) is 0 Å². The fourth-order valence-corrected chi connectivity index (χ4v) is 8.49. The molecular formula is C52H33NO. The average molecular weight is 688 g/mol. The largest absolute Gasteiger partial charge is 0.455 e. The SMILES string of the molecule is c1ccc(N(c2ccc(-c3cccc4ccccc34)cc2)c2cccc3c2ccc2ccccc23)c(-c2cccc3c2oc2cc4ccccc4cc23)c1. The highest BCUT2D eigenvalue weighted by molar-refractivity contribution is 6.16. The lowest BCUT2D eigenvalue weighted by Crippen LogP contribution is -2.11. The number of hydrogen-bond acceptors (Lipinski definition) is 2. The molecule has 0 aliphatic carbocycles. The maximum absolute atomic E-state index is 6.79. The van der Waals surface area contributed by atoms with E-state index in [1.54, 1.807) is 0 Å². The highest BCUT2D eigenvalue weighted by Gasteiger charge is 2.22. The van der Waals surface area contributed by atoms with Gasteiger partial charge in [0, 0.05) is 33.0 Å².